The molecule has 3 heteroatoms. The number of hydrogen-bond donors (Lipinski definition) is 0. The molecule has 0 nitrogen and oxygen atoms in total. The Morgan fingerprint density at radius 3 is 0.958 bits per heavy atom. The Morgan fingerprint density at radius 1 is 0.458 bits per heavy atom. The van der Waals surface area contributed by atoms with Crippen molar-refractivity contribution in [3.05, 3.63) is 0 Å². The highest BCUT2D eigenvalue weighted by Crippen LogP contribution is 2.19. The number of halogens is 2. The summed E-state index contributed by atoms with van der Waals surface area (Å²) in [6.45, 7) is 4.52. The van der Waals surface area contributed by atoms with Crippen LogP contribution in [0.25, 0.3) is 0 Å². The summed E-state index contributed by atoms with van der Waals surface area (Å²) < 4.78 is 0. The van der Waals surface area contributed by atoms with Gasteiger partial charge in [0.25, 0.3) is 0 Å². The molecule has 146 valence electrons. The topological polar surface area (TPSA) is 0 Å². The average molecular weight is 396 g/mol. The van der Waals surface area contributed by atoms with E-state index in [-0.39, 0.29) is 0 Å². The van der Waals surface area contributed by atoms with E-state index in [1.807, 2.05) is 0 Å². The molecule has 0 aliphatic carbocycles. The van der Waals surface area contributed by atoms with Gasteiger partial charge in [0.15, 0.2) is 0 Å². The minimum Gasteiger partial charge on any atom is -0.168 e. The summed E-state index contributed by atoms with van der Waals surface area (Å²) in [5.41, 5.74) is 0. The van der Waals surface area contributed by atoms with E-state index in [9.17, 15) is 0 Å². The number of alkyl halides is 1. The molecule has 0 aromatic rings. The summed E-state index contributed by atoms with van der Waals surface area (Å²) in [5.74, 6) is 0.841. The molecule has 0 aromatic carbocycles. The third kappa shape index (κ3) is 22.8. The molecule has 0 unspecified atom stereocenters. The molecule has 24 heavy (non-hydrogen) atoms. The van der Waals surface area contributed by atoms with Gasteiger partial charge in [0, 0.05) is 5.88 Å². The number of unbranched alkanes of at least 4 members (excludes halogenated alkanes) is 16. The van der Waals surface area contributed by atoms with Gasteiger partial charge >= 0.3 is 0 Å². The maximum Gasteiger partial charge on any atom is 0.150 e. The molecule has 0 spiro atoms. The number of rotatable bonds is 19. The van der Waals surface area contributed by atoms with Gasteiger partial charge in [-0.25, -0.2) is 0 Å². The van der Waals surface area contributed by atoms with Crippen molar-refractivity contribution >= 4 is 30.1 Å². The van der Waals surface area contributed by atoms with Crippen molar-refractivity contribution in [2.24, 2.45) is 0 Å². The molecular formula is C21H44Cl2Si. The molecule has 0 saturated heterocycles. The summed E-state index contributed by atoms with van der Waals surface area (Å²) in [7, 11) is -1.30. The molecule has 0 saturated carbocycles. The van der Waals surface area contributed by atoms with Crippen LogP contribution < -0.4 is 0 Å². The molecule has 0 rings (SSSR count). The lowest BCUT2D eigenvalue weighted by Crippen LogP contribution is -2.14. The van der Waals surface area contributed by atoms with Crippen LogP contribution in [0.2, 0.25) is 19.1 Å². The molecule has 0 atom stereocenters. The third-order valence-electron chi connectivity index (χ3n) is 4.90. The largest absolute Gasteiger partial charge is 0.168 e. The smallest absolute Gasteiger partial charge is 0.150 e. The SMILES string of the molecule is C[Si](C)(Cl)CCCCCCCCCCCCCCCCCCCCl. The maximum atomic E-state index is 6.34. The summed E-state index contributed by atoms with van der Waals surface area (Å²) in [4.78, 5) is 0. The first-order chi connectivity index (χ1) is 11.6. The molecule has 0 bridgehead atoms. The van der Waals surface area contributed by atoms with Crippen LogP contribution in [-0.2, 0) is 0 Å². The molecule has 0 heterocycles. The zero-order valence-electron chi connectivity index (χ0n) is 16.7. The second-order valence-electron chi connectivity index (χ2n) is 8.17. The van der Waals surface area contributed by atoms with Crippen molar-refractivity contribution in [1.29, 1.82) is 0 Å². The third-order valence-corrected chi connectivity index (χ3v) is 7.28. The first kappa shape index (κ1) is 24.8. The summed E-state index contributed by atoms with van der Waals surface area (Å²) in [5, 5.41) is 0. The minimum atomic E-state index is -1.30. The summed E-state index contributed by atoms with van der Waals surface area (Å²) >= 11 is 12.0. The van der Waals surface area contributed by atoms with Crippen LogP contribution in [-0.4, -0.2) is 13.3 Å². The maximum absolute atomic E-state index is 6.34. The zero-order valence-corrected chi connectivity index (χ0v) is 19.2. The lowest BCUT2D eigenvalue weighted by atomic mass is 10.0. The van der Waals surface area contributed by atoms with Gasteiger partial charge < -0.3 is 0 Å². The first-order valence-electron chi connectivity index (χ1n) is 10.8. The van der Waals surface area contributed by atoms with E-state index in [0.29, 0.717) is 0 Å². The normalized spacial score (nSPS) is 12.0. The quantitative estimate of drug-likeness (QED) is 0.0884. The van der Waals surface area contributed by atoms with E-state index in [0.717, 1.165) is 5.88 Å². The van der Waals surface area contributed by atoms with E-state index in [4.69, 9.17) is 22.7 Å². The molecule has 0 aromatic heterocycles. The fraction of sp³-hybridized carbons (Fsp3) is 1.00. The Hall–Kier alpha value is 0.797. The van der Waals surface area contributed by atoms with E-state index in [1.54, 1.807) is 0 Å². The van der Waals surface area contributed by atoms with Crippen LogP contribution in [0.5, 0.6) is 0 Å². The Morgan fingerprint density at radius 2 is 0.708 bits per heavy atom. The number of hydrogen-bond acceptors (Lipinski definition) is 0. The first-order valence-corrected chi connectivity index (χ1v) is 15.6. The van der Waals surface area contributed by atoms with E-state index in [1.165, 1.54) is 115 Å². The highest BCUT2D eigenvalue weighted by molar-refractivity contribution is 7.19. The summed E-state index contributed by atoms with van der Waals surface area (Å²) in [6, 6.07) is 1.29. The van der Waals surface area contributed by atoms with Gasteiger partial charge in [-0.05, 0) is 12.5 Å². The van der Waals surface area contributed by atoms with Crippen LogP contribution in [0, 0.1) is 0 Å². The predicted octanol–water partition coefficient (Wildman–Crippen LogP) is 9.30. The van der Waals surface area contributed by atoms with Crippen molar-refractivity contribution in [3.8, 4) is 0 Å². The molecule has 0 radical (unpaired) electrons. The van der Waals surface area contributed by atoms with Crippen LogP contribution in [0.15, 0.2) is 0 Å². The molecule has 0 aliphatic heterocycles. The van der Waals surface area contributed by atoms with Crippen molar-refractivity contribution in [2.45, 2.75) is 128 Å². The van der Waals surface area contributed by atoms with Gasteiger partial charge in [0.2, 0.25) is 0 Å². The lowest BCUT2D eigenvalue weighted by molar-refractivity contribution is 0.529. The molecule has 0 fully saturated rings. The van der Waals surface area contributed by atoms with Gasteiger partial charge in [0.05, 0.1) is 0 Å². The fourth-order valence-electron chi connectivity index (χ4n) is 3.29. The van der Waals surface area contributed by atoms with E-state index in [2.05, 4.69) is 13.1 Å². The van der Waals surface area contributed by atoms with Gasteiger partial charge in [-0.1, -0.05) is 116 Å². The van der Waals surface area contributed by atoms with E-state index < -0.39 is 7.38 Å². The molecule has 0 amide bonds. The molecular weight excluding hydrogens is 351 g/mol. The van der Waals surface area contributed by atoms with Crippen LogP contribution in [0.3, 0.4) is 0 Å². The summed E-state index contributed by atoms with van der Waals surface area (Å²) in [6.07, 6.45) is 24.0. The van der Waals surface area contributed by atoms with Crippen LogP contribution in [0.4, 0.5) is 0 Å². The van der Waals surface area contributed by atoms with Crippen molar-refractivity contribution < 1.29 is 0 Å². The predicted molar refractivity (Wildman–Crippen MR) is 117 cm³/mol. The van der Waals surface area contributed by atoms with Gasteiger partial charge in [-0.15, -0.1) is 11.6 Å². The highest BCUT2D eigenvalue weighted by atomic mass is 35.6. The minimum absolute atomic E-state index is 0.841. The zero-order chi connectivity index (χ0) is 17.9. The second-order valence-corrected chi connectivity index (χ2v) is 15.6. The fourth-order valence-corrected chi connectivity index (χ4v) is 4.97. The van der Waals surface area contributed by atoms with Gasteiger partial charge in [-0.2, -0.15) is 11.1 Å². The Kier molecular flexibility index (Phi) is 19.2. The van der Waals surface area contributed by atoms with Gasteiger partial charge in [-0.3, -0.25) is 0 Å². The average Bonchev–Trinajstić information content (AvgIpc) is 2.52. The molecule has 0 N–H and O–H groups in total. The van der Waals surface area contributed by atoms with Crippen molar-refractivity contribution in [1.82, 2.24) is 0 Å². The lowest BCUT2D eigenvalue weighted by Gasteiger charge is -2.11. The Bertz CT molecular complexity index is 238. The van der Waals surface area contributed by atoms with E-state index >= 15 is 0 Å². The van der Waals surface area contributed by atoms with Crippen molar-refractivity contribution in [2.75, 3.05) is 5.88 Å². The Balaban J connectivity index is 3.00. The molecule has 0 aliphatic rings. The van der Waals surface area contributed by atoms with Gasteiger partial charge in [0.1, 0.15) is 7.38 Å². The highest BCUT2D eigenvalue weighted by Gasteiger charge is 2.15. The van der Waals surface area contributed by atoms with Crippen LogP contribution in [0.1, 0.15) is 109 Å². The Labute approximate surface area is 164 Å². The standard InChI is InChI=1S/C21H44Cl2Si/c1-24(2,23)21-19-17-15-13-11-9-7-5-3-4-6-8-10-12-14-16-18-20-22/h3-21H2,1-2H3. The monoisotopic (exact) mass is 394 g/mol. The van der Waals surface area contributed by atoms with Crippen molar-refractivity contribution in [3.63, 3.8) is 0 Å². The second kappa shape index (κ2) is 18.6. The van der Waals surface area contributed by atoms with Crippen LogP contribution >= 0.6 is 22.7 Å².